The highest BCUT2D eigenvalue weighted by Gasteiger charge is 2.16. The quantitative estimate of drug-likeness (QED) is 0.759. The van der Waals surface area contributed by atoms with Gasteiger partial charge in [0, 0.05) is 12.2 Å². The predicted molar refractivity (Wildman–Crippen MR) is 97.0 cm³/mol. The van der Waals surface area contributed by atoms with E-state index in [0.29, 0.717) is 18.3 Å². The first-order valence-electron chi connectivity index (χ1n) is 7.57. The van der Waals surface area contributed by atoms with Gasteiger partial charge in [0.15, 0.2) is 5.11 Å². The van der Waals surface area contributed by atoms with Crippen LogP contribution in [0.3, 0.4) is 0 Å². The number of hydrogen-bond acceptors (Lipinski definition) is 4. The monoisotopic (exact) mass is 333 g/mol. The molecule has 2 N–H and O–H groups in total. The third-order valence-electron chi connectivity index (χ3n) is 3.37. The minimum atomic E-state index is 0.116. The van der Waals surface area contributed by atoms with E-state index in [9.17, 15) is 0 Å². The number of hydrogen-bond donors (Lipinski definition) is 2. The van der Waals surface area contributed by atoms with E-state index in [0.717, 1.165) is 17.2 Å². The van der Waals surface area contributed by atoms with Crippen LogP contribution in [0, 0.1) is 0 Å². The smallest absolute Gasteiger partial charge is 0.170 e. The maximum absolute atomic E-state index is 5.48. The minimum Gasteiger partial charge on any atom is -0.494 e. The summed E-state index contributed by atoms with van der Waals surface area (Å²) in [5.41, 5.74) is 0.922. The second-order valence-corrected chi connectivity index (χ2v) is 5.70. The summed E-state index contributed by atoms with van der Waals surface area (Å²) in [4.78, 5) is 2.09. The maximum Gasteiger partial charge on any atom is 0.170 e. The lowest BCUT2D eigenvalue weighted by Gasteiger charge is -2.23. The molecule has 1 aromatic carbocycles. The fourth-order valence-corrected chi connectivity index (χ4v) is 2.39. The van der Waals surface area contributed by atoms with Crippen molar-refractivity contribution in [2.75, 3.05) is 32.6 Å². The molecule has 0 radical (unpaired) electrons. The van der Waals surface area contributed by atoms with Crippen molar-refractivity contribution in [2.45, 2.75) is 13.0 Å². The Morgan fingerprint density at radius 2 is 2.00 bits per heavy atom. The van der Waals surface area contributed by atoms with Crippen LogP contribution in [0.25, 0.3) is 0 Å². The van der Waals surface area contributed by atoms with E-state index in [4.69, 9.17) is 21.4 Å². The number of thiocarbonyl (C=S) groups is 1. The largest absolute Gasteiger partial charge is 0.494 e. The van der Waals surface area contributed by atoms with Crippen LogP contribution in [0.15, 0.2) is 47.1 Å². The first-order chi connectivity index (χ1) is 11.1. The number of ether oxygens (including phenoxy) is 1. The van der Waals surface area contributed by atoms with Crippen molar-refractivity contribution >= 4 is 23.0 Å². The van der Waals surface area contributed by atoms with Gasteiger partial charge >= 0.3 is 0 Å². The van der Waals surface area contributed by atoms with Crippen LogP contribution in [-0.2, 0) is 0 Å². The standard InChI is InChI=1S/C17H23N3O2S/c1-4-21-14-9-7-13(8-10-14)19-17(23)18-12-15(20(2)3)16-6-5-11-22-16/h5-11,15H,4,12H2,1-3H3,(H2,18,19,23)/t15-/m1/s1. The number of rotatable bonds is 7. The molecule has 124 valence electrons. The number of nitrogens with zero attached hydrogens (tertiary/aromatic N) is 1. The lowest BCUT2D eigenvalue weighted by atomic mass is 10.2. The topological polar surface area (TPSA) is 49.7 Å². The van der Waals surface area contributed by atoms with Crippen molar-refractivity contribution in [1.29, 1.82) is 0 Å². The molecule has 1 atom stereocenters. The summed E-state index contributed by atoms with van der Waals surface area (Å²) in [5.74, 6) is 1.76. The highest BCUT2D eigenvalue weighted by atomic mass is 32.1. The SMILES string of the molecule is CCOc1ccc(NC(=S)NC[C@H](c2ccco2)N(C)C)cc1. The number of likely N-dealkylation sites (N-methyl/N-ethyl adjacent to an activating group) is 1. The molecule has 5 nitrogen and oxygen atoms in total. The first kappa shape index (κ1) is 17.3. The van der Waals surface area contributed by atoms with Crippen molar-refractivity contribution < 1.29 is 9.15 Å². The Balaban J connectivity index is 1.86. The molecule has 1 aromatic heterocycles. The van der Waals surface area contributed by atoms with Gasteiger partial charge in [0.05, 0.1) is 18.9 Å². The summed E-state index contributed by atoms with van der Waals surface area (Å²) in [6.07, 6.45) is 1.68. The van der Waals surface area contributed by atoms with Gasteiger partial charge < -0.3 is 19.8 Å². The van der Waals surface area contributed by atoms with E-state index in [-0.39, 0.29) is 6.04 Å². The third kappa shape index (κ3) is 5.26. The summed E-state index contributed by atoms with van der Waals surface area (Å²) in [7, 11) is 4.02. The highest BCUT2D eigenvalue weighted by molar-refractivity contribution is 7.80. The highest BCUT2D eigenvalue weighted by Crippen LogP contribution is 2.18. The minimum absolute atomic E-state index is 0.116. The van der Waals surface area contributed by atoms with Crippen LogP contribution in [0.2, 0.25) is 0 Å². The van der Waals surface area contributed by atoms with Crippen LogP contribution >= 0.6 is 12.2 Å². The molecule has 0 spiro atoms. The average molecular weight is 333 g/mol. The molecule has 2 rings (SSSR count). The first-order valence-corrected chi connectivity index (χ1v) is 7.98. The van der Waals surface area contributed by atoms with Crippen LogP contribution in [0.4, 0.5) is 5.69 Å². The van der Waals surface area contributed by atoms with E-state index in [2.05, 4.69) is 15.5 Å². The summed E-state index contributed by atoms with van der Waals surface area (Å²) >= 11 is 5.35. The van der Waals surface area contributed by atoms with Gasteiger partial charge in [-0.3, -0.25) is 4.90 Å². The Labute approximate surface area is 142 Å². The summed E-state index contributed by atoms with van der Waals surface area (Å²) in [6.45, 7) is 3.28. The number of nitrogens with one attached hydrogen (secondary N) is 2. The third-order valence-corrected chi connectivity index (χ3v) is 3.62. The van der Waals surface area contributed by atoms with Crippen molar-refractivity contribution in [3.8, 4) is 5.75 Å². The summed E-state index contributed by atoms with van der Waals surface area (Å²) in [6, 6.07) is 11.7. The lowest BCUT2D eigenvalue weighted by Crippen LogP contribution is -2.36. The number of furan rings is 1. The van der Waals surface area contributed by atoms with Crippen LogP contribution in [0.1, 0.15) is 18.7 Å². The zero-order valence-electron chi connectivity index (χ0n) is 13.7. The molecule has 23 heavy (non-hydrogen) atoms. The molecular formula is C17H23N3O2S. The molecule has 0 aliphatic carbocycles. The van der Waals surface area contributed by atoms with Gasteiger partial charge in [-0.25, -0.2) is 0 Å². The Hall–Kier alpha value is -2.05. The van der Waals surface area contributed by atoms with Gasteiger partial charge in [0.25, 0.3) is 0 Å². The number of anilines is 1. The number of benzene rings is 1. The molecule has 0 bridgehead atoms. The maximum atomic E-state index is 5.48. The Bertz CT molecular complexity index is 597. The van der Waals surface area contributed by atoms with Gasteiger partial charge in [-0.05, 0) is 69.6 Å². The molecule has 0 aliphatic rings. The normalized spacial score (nSPS) is 12.0. The second-order valence-electron chi connectivity index (χ2n) is 5.29. The molecule has 6 heteroatoms. The Kier molecular flexibility index (Phi) is 6.43. The van der Waals surface area contributed by atoms with Gasteiger partial charge in [-0.1, -0.05) is 0 Å². The van der Waals surface area contributed by atoms with Crippen molar-refractivity contribution in [1.82, 2.24) is 10.2 Å². The van der Waals surface area contributed by atoms with Crippen molar-refractivity contribution in [3.05, 3.63) is 48.4 Å². The Morgan fingerprint density at radius 3 is 2.57 bits per heavy atom. The second kappa shape index (κ2) is 8.55. The van der Waals surface area contributed by atoms with E-state index < -0.39 is 0 Å². The Morgan fingerprint density at radius 1 is 1.26 bits per heavy atom. The molecule has 0 fully saturated rings. The molecule has 2 aromatic rings. The summed E-state index contributed by atoms with van der Waals surface area (Å²) < 4.78 is 10.9. The lowest BCUT2D eigenvalue weighted by molar-refractivity contribution is 0.259. The van der Waals surface area contributed by atoms with Gasteiger partial charge in [-0.2, -0.15) is 0 Å². The van der Waals surface area contributed by atoms with Crippen LogP contribution < -0.4 is 15.4 Å². The zero-order chi connectivity index (χ0) is 16.7. The molecule has 0 aliphatic heterocycles. The van der Waals surface area contributed by atoms with Gasteiger partial charge in [-0.15, -0.1) is 0 Å². The zero-order valence-corrected chi connectivity index (χ0v) is 14.5. The molecule has 0 unspecified atom stereocenters. The molecule has 0 saturated carbocycles. The average Bonchev–Trinajstić information content (AvgIpc) is 3.03. The summed E-state index contributed by atoms with van der Waals surface area (Å²) in [5, 5.41) is 6.97. The fraction of sp³-hybridized carbons (Fsp3) is 0.353. The van der Waals surface area contributed by atoms with E-state index in [1.165, 1.54) is 0 Å². The van der Waals surface area contributed by atoms with Gasteiger partial charge in [0.1, 0.15) is 11.5 Å². The van der Waals surface area contributed by atoms with Crippen molar-refractivity contribution in [2.24, 2.45) is 0 Å². The van der Waals surface area contributed by atoms with E-state index in [1.54, 1.807) is 6.26 Å². The molecule has 1 heterocycles. The predicted octanol–water partition coefficient (Wildman–Crippen LogP) is 3.27. The van der Waals surface area contributed by atoms with Crippen LogP contribution in [-0.4, -0.2) is 37.3 Å². The van der Waals surface area contributed by atoms with E-state index >= 15 is 0 Å². The van der Waals surface area contributed by atoms with Crippen LogP contribution in [0.5, 0.6) is 5.75 Å². The fourth-order valence-electron chi connectivity index (χ4n) is 2.18. The molecule has 0 saturated heterocycles. The molecular weight excluding hydrogens is 310 g/mol. The molecule has 0 amide bonds. The van der Waals surface area contributed by atoms with Crippen molar-refractivity contribution in [3.63, 3.8) is 0 Å². The van der Waals surface area contributed by atoms with E-state index in [1.807, 2.05) is 57.4 Å². The van der Waals surface area contributed by atoms with Gasteiger partial charge in [0.2, 0.25) is 0 Å².